The molecule has 16 heavy (non-hydrogen) atoms. The van der Waals surface area contributed by atoms with Gasteiger partial charge in [0.25, 0.3) is 0 Å². The standard InChI is InChI=1S/C10H23NO4S/c1-5-16(12,13)8-6-7-9(11-2)10(14-3)15-4/h9-11H,5-8H2,1-4H3. The van der Waals surface area contributed by atoms with Gasteiger partial charge in [0.05, 0.1) is 11.8 Å². The summed E-state index contributed by atoms with van der Waals surface area (Å²) in [4.78, 5) is 0. The minimum Gasteiger partial charge on any atom is -0.354 e. The van der Waals surface area contributed by atoms with Gasteiger partial charge in [0.2, 0.25) is 0 Å². The molecule has 0 rings (SSSR count). The summed E-state index contributed by atoms with van der Waals surface area (Å²) < 4.78 is 32.8. The normalized spacial score (nSPS) is 14.3. The molecule has 0 aromatic heterocycles. The van der Waals surface area contributed by atoms with Gasteiger partial charge in [-0.15, -0.1) is 0 Å². The van der Waals surface area contributed by atoms with Crippen molar-refractivity contribution in [2.24, 2.45) is 0 Å². The fourth-order valence-corrected chi connectivity index (χ4v) is 2.40. The molecule has 0 amide bonds. The Hall–Kier alpha value is -0.170. The first-order valence-corrected chi connectivity index (χ1v) is 7.26. The zero-order valence-corrected chi connectivity index (χ0v) is 11.3. The van der Waals surface area contributed by atoms with E-state index in [2.05, 4.69) is 5.32 Å². The lowest BCUT2D eigenvalue weighted by Gasteiger charge is -2.24. The van der Waals surface area contributed by atoms with E-state index >= 15 is 0 Å². The van der Waals surface area contributed by atoms with Gasteiger partial charge in [-0.05, 0) is 19.9 Å². The first-order valence-electron chi connectivity index (χ1n) is 5.44. The third-order valence-electron chi connectivity index (χ3n) is 2.57. The summed E-state index contributed by atoms with van der Waals surface area (Å²) in [5.74, 6) is 0.428. The molecular formula is C10H23NO4S. The third kappa shape index (κ3) is 5.79. The fraction of sp³-hybridized carbons (Fsp3) is 1.00. The Morgan fingerprint density at radius 1 is 1.25 bits per heavy atom. The average molecular weight is 253 g/mol. The lowest BCUT2D eigenvalue weighted by atomic mass is 10.1. The summed E-state index contributed by atoms with van der Waals surface area (Å²) in [7, 11) is 2.08. The van der Waals surface area contributed by atoms with E-state index < -0.39 is 9.84 Å². The molecule has 0 bridgehead atoms. The van der Waals surface area contributed by atoms with Crippen LogP contribution in [0.25, 0.3) is 0 Å². The molecule has 1 N–H and O–H groups in total. The van der Waals surface area contributed by atoms with Crippen molar-refractivity contribution in [2.75, 3.05) is 32.8 Å². The largest absolute Gasteiger partial charge is 0.354 e. The van der Waals surface area contributed by atoms with Crippen molar-refractivity contribution >= 4 is 9.84 Å². The molecule has 0 aliphatic heterocycles. The molecule has 0 aromatic carbocycles. The fourth-order valence-electron chi connectivity index (χ4n) is 1.51. The highest BCUT2D eigenvalue weighted by Crippen LogP contribution is 2.08. The smallest absolute Gasteiger partial charge is 0.171 e. The van der Waals surface area contributed by atoms with Gasteiger partial charge in [-0.1, -0.05) is 6.92 Å². The van der Waals surface area contributed by atoms with Crippen molar-refractivity contribution in [3.8, 4) is 0 Å². The van der Waals surface area contributed by atoms with Crippen LogP contribution in [0.4, 0.5) is 0 Å². The van der Waals surface area contributed by atoms with E-state index in [1.54, 1.807) is 21.1 Å². The first kappa shape index (κ1) is 15.8. The summed E-state index contributed by atoms with van der Waals surface area (Å²) in [6.45, 7) is 1.66. The summed E-state index contributed by atoms with van der Waals surface area (Å²) >= 11 is 0. The van der Waals surface area contributed by atoms with Crippen LogP contribution in [-0.2, 0) is 19.3 Å². The van der Waals surface area contributed by atoms with Crippen LogP contribution in [0.5, 0.6) is 0 Å². The molecule has 0 saturated carbocycles. The highest BCUT2D eigenvalue weighted by Gasteiger charge is 2.19. The highest BCUT2D eigenvalue weighted by atomic mass is 32.2. The maximum Gasteiger partial charge on any atom is 0.171 e. The van der Waals surface area contributed by atoms with Crippen molar-refractivity contribution < 1.29 is 17.9 Å². The average Bonchev–Trinajstić information content (AvgIpc) is 2.28. The maximum atomic E-state index is 11.3. The molecular weight excluding hydrogens is 230 g/mol. The molecule has 1 unspecified atom stereocenters. The van der Waals surface area contributed by atoms with Crippen LogP contribution in [0, 0.1) is 0 Å². The summed E-state index contributed by atoms with van der Waals surface area (Å²) in [6.07, 6.45) is 0.988. The Morgan fingerprint density at radius 2 is 1.81 bits per heavy atom. The molecule has 0 heterocycles. The van der Waals surface area contributed by atoms with Crippen LogP contribution in [-0.4, -0.2) is 53.5 Å². The molecule has 98 valence electrons. The Kier molecular flexibility index (Phi) is 7.91. The van der Waals surface area contributed by atoms with E-state index in [0.717, 1.165) is 0 Å². The van der Waals surface area contributed by atoms with E-state index in [9.17, 15) is 8.42 Å². The maximum absolute atomic E-state index is 11.3. The molecule has 0 fully saturated rings. The number of rotatable bonds is 9. The quantitative estimate of drug-likeness (QED) is 0.603. The van der Waals surface area contributed by atoms with Crippen molar-refractivity contribution in [1.29, 1.82) is 0 Å². The zero-order chi connectivity index (χ0) is 12.6. The number of nitrogens with one attached hydrogen (secondary N) is 1. The van der Waals surface area contributed by atoms with Crippen LogP contribution in [0.3, 0.4) is 0 Å². The number of sulfone groups is 1. The molecule has 0 spiro atoms. The second-order valence-corrected chi connectivity index (χ2v) is 6.09. The second kappa shape index (κ2) is 8.00. The molecule has 0 aliphatic carbocycles. The Labute approximate surface area is 98.4 Å². The monoisotopic (exact) mass is 253 g/mol. The van der Waals surface area contributed by atoms with Gasteiger partial charge in [0.15, 0.2) is 6.29 Å². The van der Waals surface area contributed by atoms with Gasteiger partial charge in [0.1, 0.15) is 9.84 Å². The minimum atomic E-state index is -2.87. The van der Waals surface area contributed by atoms with Gasteiger partial charge in [-0.2, -0.15) is 0 Å². The minimum absolute atomic E-state index is 0.0158. The predicted octanol–water partition coefficient (Wildman–Crippen LogP) is 0.408. The van der Waals surface area contributed by atoms with Crippen molar-refractivity contribution in [2.45, 2.75) is 32.1 Å². The summed E-state index contributed by atoms with van der Waals surface area (Å²) in [6, 6.07) is 0.0158. The molecule has 0 aliphatic rings. The molecule has 5 nitrogen and oxygen atoms in total. The van der Waals surface area contributed by atoms with Crippen molar-refractivity contribution in [3.63, 3.8) is 0 Å². The van der Waals surface area contributed by atoms with E-state index in [-0.39, 0.29) is 23.8 Å². The van der Waals surface area contributed by atoms with Gasteiger partial charge in [-0.25, -0.2) is 8.42 Å². The van der Waals surface area contributed by atoms with Gasteiger partial charge < -0.3 is 14.8 Å². The number of ether oxygens (including phenoxy) is 2. The van der Waals surface area contributed by atoms with E-state index in [4.69, 9.17) is 9.47 Å². The van der Waals surface area contributed by atoms with Crippen LogP contribution >= 0.6 is 0 Å². The zero-order valence-electron chi connectivity index (χ0n) is 10.5. The van der Waals surface area contributed by atoms with Crippen molar-refractivity contribution in [3.05, 3.63) is 0 Å². The highest BCUT2D eigenvalue weighted by molar-refractivity contribution is 7.91. The van der Waals surface area contributed by atoms with Gasteiger partial charge >= 0.3 is 0 Å². The van der Waals surface area contributed by atoms with Crippen LogP contribution in [0.15, 0.2) is 0 Å². The molecule has 0 saturated heterocycles. The SMILES string of the molecule is CCS(=O)(=O)CCCC(NC)C(OC)OC. The van der Waals surface area contributed by atoms with E-state index in [1.807, 2.05) is 7.05 Å². The van der Waals surface area contributed by atoms with Crippen LogP contribution in [0.2, 0.25) is 0 Å². The van der Waals surface area contributed by atoms with Gasteiger partial charge in [-0.3, -0.25) is 0 Å². The molecule has 0 radical (unpaired) electrons. The Morgan fingerprint density at radius 3 is 2.19 bits per heavy atom. The predicted molar refractivity (Wildman–Crippen MR) is 64.2 cm³/mol. The number of methoxy groups -OCH3 is 2. The topological polar surface area (TPSA) is 64.6 Å². The second-order valence-electron chi connectivity index (χ2n) is 3.61. The Bertz CT molecular complexity index is 262. The number of hydrogen-bond donors (Lipinski definition) is 1. The first-order chi connectivity index (χ1) is 7.50. The lowest BCUT2D eigenvalue weighted by molar-refractivity contribution is -0.122. The molecule has 1 atom stereocenters. The summed E-state index contributed by atoms with van der Waals surface area (Å²) in [5, 5.41) is 3.06. The molecule has 6 heteroatoms. The van der Waals surface area contributed by atoms with E-state index in [1.165, 1.54) is 0 Å². The van der Waals surface area contributed by atoms with Crippen LogP contribution in [0.1, 0.15) is 19.8 Å². The van der Waals surface area contributed by atoms with Gasteiger partial charge in [0, 0.05) is 20.0 Å². The number of likely N-dealkylation sites (N-methyl/N-ethyl adjacent to an activating group) is 1. The van der Waals surface area contributed by atoms with Crippen LogP contribution < -0.4 is 5.32 Å². The Balaban J connectivity index is 4.06. The third-order valence-corrected chi connectivity index (χ3v) is 4.36. The van der Waals surface area contributed by atoms with Crippen molar-refractivity contribution in [1.82, 2.24) is 5.32 Å². The summed E-state index contributed by atoms with van der Waals surface area (Å²) in [5.41, 5.74) is 0. The number of hydrogen-bond acceptors (Lipinski definition) is 5. The molecule has 0 aromatic rings. The lowest BCUT2D eigenvalue weighted by Crippen LogP contribution is -2.40. The van der Waals surface area contributed by atoms with E-state index in [0.29, 0.717) is 12.8 Å².